The SMILES string of the molecule is CCC(C)n1nccc1NC(=O)C1CC(=O)N(c2ccc(OC)cc2)C1. The van der Waals surface area contributed by atoms with E-state index in [-0.39, 0.29) is 30.2 Å². The van der Waals surface area contributed by atoms with E-state index in [0.717, 1.165) is 17.9 Å². The maximum Gasteiger partial charge on any atom is 0.230 e. The van der Waals surface area contributed by atoms with E-state index in [1.54, 1.807) is 41.1 Å². The molecule has 1 saturated heterocycles. The molecule has 3 rings (SSSR count). The molecule has 2 atom stereocenters. The Bertz CT molecular complexity index is 784. The van der Waals surface area contributed by atoms with Crippen LogP contribution in [0, 0.1) is 5.92 Å². The van der Waals surface area contributed by atoms with Crippen LogP contribution in [-0.4, -0.2) is 35.2 Å². The summed E-state index contributed by atoms with van der Waals surface area (Å²) in [5, 5.41) is 7.19. The number of anilines is 2. The zero-order valence-corrected chi connectivity index (χ0v) is 15.3. The number of aromatic nitrogens is 2. The molecule has 7 nitrogen and oxygen atoms in total. The second kappa shape index (κ2) is 7.59. The molecule has 0 spiro atoms. The molecule has 0 aliphatic carbocycles. The average molecular weight is 356 g/mol. The number of nitrogens with zero attached hydrogens (tertiary/aromatic N) is 3. The molecule has 0 bridgehead atoms. The highest BCUT2D eigenvalue weighted by molar-refractivity contribution is 6.03. The van der Waals surface area contributed by atoms with Crippen LogP contribution in [0.25, 0.3) is 0 Å². The van der Waals surface area contributed by atoms with Crippen LogP contribution < -0.4 is 15.0 Å². The summed E-state index contributed by atoms with van der Waals surface area (Å²) in [7, 11) is 1.60. The summed E-state index contributed by atoms with van der Waals surface area (Å²) in [4.78, 5) is 26.7. The summed E-state index contributed by atoms with van der Waals surface area (Å²) in [6.45, 7) is 4.49. The minimum absolute atomic E-state index is 0.0502. The molecule has 1 N–H and O–H groups in total. The molecule has 1 fully saturated rings. The summed E-state index contributed by atoms with van der Waals surface area (Å²) in [6.07, 6.45) is 2.79. The smallest absolute Gasteiger partial charge is 0.230 e. The number of benzene rings is 1. The van der Waals surface area contributed by atoms with Gasteiger partial charge in [0.1, 0.15) is 11.6 Å². The zero-order chi connectivity index (χ0) is 18.7. The fraction of sp³-hybridized carbons (Fsp3) is 0.421. The van der Waals surface area contributed by atoms with Crippen molar-refractivity contribution in [3.63, 3.8) is 0 Å². The van der Waals surface area contributed by atoms with Crippen molar-refractivity contribution < 1.29 is 14.3 Å². The number of amides is 2. The number of nitrogens with one attached hydrogen (secondary N) is 1. The first kappa shape index (κ1) is 18.0. The molecular weight excluding hydrogens is 332 g/mol. The highest BCUT2D eigenvalue weighted by atomic mass is 16.5. The quantitative estimate of drug-likeness (QED) is 0.863. The van der Waals surface area contributed by atoms with E-state index in [2.05, 4.69) is 17.3 Å². The topological polar surface area (TPSA) is 76.5 Å². The van der Waals surface area contributed by atoms with Gasteiger partial charge in [0.2, 0.25) is 11.8 Å². The molecular formula is C19H24N4O3. The highest BCUT2D eigenvalue weighted by Crippen LogP contribution is 2.28. The highest BCUT2D eigenvalue weighted by Gasteiger charge is 2.35. The molecule has 2 amide bonds. The Morgan fingerprint density at radius 2 is 2.08 bits per heavy atom. The molecule has 0 radical (unpaired) electrons. The van der Waals surface area contributed by atoms with E-state index in [1.807, 2.05) is 19.1 Å². The van der Waals surface area contributed by atoms with Gasteiger partial charge in [-0.25, -0.2) is 4.68 Å². The number of methoxy groups -OCH3 is 1. The number of rotatable bonds is 6. The largest absolute Gasteiger partial charge is 0.497 e. The maximum atomic E-state index is 12.6. The lowest BCUT2D eigenvalue weighted by Gasteiger charge is -2.18. The maximum absolute atomic E-state index is 12.6. The van der Waals surface area contributed by atoms with Gasteiger partial charge < -0.3 is 15.0 Å². The number of carbonyl (C=O) groups excluding carboxylic acids is 2. The van der Waals surface area contributed by atoms with Gasteiger partial charge in [-0.3, -0.25) is 9.59 Å². The van der Waals surface area contributed by atoms with Gasteiger partial charge in [0.25, 0.3) is 0 Å². The minimum atomic E-state index is -0.384. The van der Waals surface area contributed by atoms with Crippen molar-refractivity contribution in [1.29, 1.82) is 0 Å². The zero-order valence-electron chi connectivity index (χ0n) is 15.3. The van der Waals surface area contributed by atoms with E-state index < -0.39 is 0 Å². The summed E-state index contributed by atoms with van der Waals surface area (Å²) in [5.41, 5.74) is 0.774. The number of ether oxygens (including phenoxy) is 1. The lowest BCUT2D eigenvalue weighted by atomic mass is 10.1. The molecule has 2 unspecified atom stereocenters. The van der Waals surface area contributed by atoms with Gasteiger partial charge in [-0.1, -0.05) is 6.92 Å². The van der Waals surface area contributed by atoms with Gasteiger partial charge in [0.15, 0.2) is 0 Å². The molecule has 1 aliphatic rings. The molecule has 2 aromatic rings. The van der Waals surface area contributed by atoms with Gasteiger partial charge in [-0.05, 0) is 37.6 Å². The number of carbonyl (C=O) groups is 2. The standard InChI is InChI=1S/C19H24N4O3/c1-4-13(2)23-17(9-10-20-23)21-19(25)14-11-18(24)22(12-14)15-5-7-16(26-3)8-6-15/h5-10,13-14H,4,11-12H2,1-3H3,(H,21,25). The Morgan fingerprint density at radius 1 is 1.35 bits per heavy atom. The molecule has 2 heterocycles. The molecule has 1 aromatic carbocycles. The van der Waals surface area contributed by atoms with Crippen LogP contribution >= 0.6 is 0 Å². The molecule has 1 aromatic heterocycles. The monoisotopic (exact) mass is 356 g/mol. The number of hydrogen-bond acceptors (Lipinski definition) is 4. The van der Waals surface area contributed by atoms with Crippen molar-refractivity contribution in [3.8, 4) is 5.75 Å². The van der Waals surface area contributed by atoms with Crippen molar-refractivity contribution in [2.24, 2.45) is 5.92 Å². The predicted molar refractivity (Wildman–Crippen MR) is 99.3 cm³/mol. The van der Waals surface area contributed by atoms with Crippen LogP contribution in [0.15, 0.2) is 36.5 Å². The molecule has 7 heteroatoms. The van der Waals surface area contributed by atoms with E-state index in [1.165, 1.54) is 0 Å². The van der Waals surface area contributed by atoms with Gasteiger partial charge in [-0.15, -0.1) is 0 Å². The van der Waals surface area contributed by atoms with Crippen molar-refractivity contribution >= 4 is 23.3 Å². The van der Waals surface area contributed by atoms with Crippen LogP contribution in [0.4, 0.5) is 11.5 Å². The van der Waals surface area contributed by atoms with Crippen LogP contribution in [0.3, 0.4) is 0 Å². The fourth-order valence-corrected chi connectivity index (χ4v) is 3.06. The van der Waals surface area contributed by atoms with E-state index in [4.69, 9.17) is 4.74 Å². The van der Waals surface area contributed by atoms with Crippen molar-refractivity contribution in [1.82, 2.24) is 9.78 Å². The summed E-state index contributed by atoms with van der Waals surface area (Å²) in [6, 6.07) is 9.24. The van der Waals surface area contributed by atoms with Crippen LogP contribution in [0.2, 0.25) is 0 Å². The third kappa shape index (κ3) is 3.56. The summed E-state index contributed by atoms with van der Waals surface area (Å²) < 4.78 is 6.94. The summed E-state index contributed by atoms with van der Waals surface area (Å²) in [5.74, 6) is 0.808. The second-order valence-corrected chi connectivity index (χ2v) is 6.51. The average Bonchev–Trinajstić information content (AvgIpc) is 3.27. The third-order valence-electron chi connectivity index (χ3n) is 4.81. The Balaban J connectivity index is 1.68. The predicted octanol–water partition coefficient (Wildman–Crippen LogP) is 2.85. The Kier molecular flexibility index (Phi) is 5.25. The first-order valence-electron chi connectivity index (χ1n) is 8.82. The van der Waals surface area contributed by atoms with Crippen LogP contribution in [0.5, 0.6) is 5.75 Å². The van der Waals surface area contributed by atoms with E-state index in [0.29, 0.717) is 12.4 Å². The number of hydrogen-bond donors (Lipinski definition) is 1. The normalized spacial score (nSPS) is 18.0. The third-order valence-corrected chi connectivity index (χ3v) is 4.81. The van der Waals surface area contributed by atoms with Crippen LogP contribution in [0.1, 0.15) is 32.7 Å². The van der Waals surface area contributed by atoms with Crippen LogP contribution in [-0.2, 0) is 9.59 Å². The molecule has 1 aliphatic heterocycles. The Morgan fingerprint density at radius 3 is 2.73 bits per heavy atom. The minimum Gasteiger partial charge on any atom is -0.497 e. The van der Waals surface area contributed by atoms with E-state index >= 15 is 0 Å². The van der Waals surface area contributed by atoms with Crippen molar-refractivity contribution in [3.05, 3.63) is 36.5 Å². The molecule has 26 heavy (non-hydrogen) atoms. The lowest BCUT2D eigenvalue weighted by Crippen LogP contribution is -2.28. The first-order chi connectivity index (χ1) is 12.5. The second-order valence-electron chi connectivity index (χ2n) is 6.51. The van der Waals surface area contributed by atoms with E-state index in [9.17, 15) is 9.59 Å². The molecule has 0 saturated carbocycles. The van der Waals surface area contributed by atoms with Gasteiger partial charge in [0, 0.05) is 24.7 Å². The van der Waals surface area contributed by atoms with Gasteiger partial charge >= 0.3 is 0 Å². The van der Waals surface area contributed by atoms with Gasteiger partial charge in [0.05, 0.1) is 25.3 Å². The fourth-order valence-electron chi connectivity index (χ4n) is 3.06. The van der Waals surface area contributed by atoms with Gasteiger partial charge in [-0.2, -0.15) is 5.10 Å². The Labute approximate surface area is 152 Å². The Hall–Kier alpha value is -2.83. The van der Waals surface area contributed by atoms with Crippen molar-refractivity contribution in [2.75, 3.05) is 23.9 Å². The van der Waals surface area contributed by atoms with Crippen molar-refractivity contribution in [2.45, 2.75) is 32.7 Å². The molecule has 138 valence electrons. The lowest BCUT2D eigenvalue weighted by molar-refractivity contribution is -0.122. The first-order valence-corrected chi connectivity index (χ1v) is 8.82. The summed E-state index contributed by atoms with van der Waals surface area (Å²) >= 11 is 0.